The van der Waals surface area contributed by atoms with E-state index < -0.39 is 40.3 Å². The summed E-state index contributed by atoms with van der Waals surface area (Å²) in [6.45, 7) is 3.36. The zero-order valence-corrected chi connectivity index (χ0v) is 17.9. The molecule has 1 saturated heterocycles. The van der Waals surface area contributed by atoms with Crippen LogP contribution < -0.4 is 0 Å². The molecule has 1 aliphatic heterocycles. The number of halogens is 1. The second kappa shape index (κ2) is 8.24. The maximum absolute atomic E-state index is 13.8. The van der Waals surface area contributed by atoms with Gasteiger partial charge in [-0.2, -0.15) is 0 Å². The molecule has 4 rings (SSSR count). The second-order valence-corrected chi connectivity index (χ2v) is 8.27. The summed E-state index contributed by atoms with van der Waals surface area (Å²) in [5.41, 5.74) is -2.42. The number of carbonyl (C=O) groups is 3. The lowest BCUT2D eigenvalue weighted by Crippen LogP contribution is -2.46. The molecule has 0 bridgehead atoms. The molecule has 5 heteroatoms. The average Bonchev–Trinajstić information content (AvgIpc) is 3.52. The second-order valence-electron chi connectivity index (χ2n) is 8.27. The molecule has 2 unspecified atom stereocenters. The van der Waals surface area contributed by atoms with E-state index in [1.54, 1.807) is 68.4 Å². The van der Waals surface area contributed by atoms with Gasteiger partial charge in [0.2, 0.25) is 17.0 Å². The molecule has 1 aliphatic rings. The summed E-state index contributed by atoms with van der Waals surface area (Å²) in [5, 5.41) is 0. The van der Waals surface area contributed by atoms with Crippen molar-refractivity contribution in [1.29, 1.82) is 0 Å². The number of ketones is 3. The van der Waals surface area contributed by atoms with Crippen molar-refractivity contribution in [2.24, 2.45) is 5.92 Å². The number of ether oxygens (including phenoxy) is 1. The average molecular weight is 430 g/mol. The maximum atomic E-state index is 13.8. The molecule has 0 aromatic heterocycles. The van der Waals surface area contributed by atoms with Gasteiger partial charge in [-0.1, -0.05) is 74.5 Å². The summed E-state index contributed by atoms with van der Waals surface area (Å²) in [4.78, 5) is 40.9. The first-order valence-electron chi connectivity index (χ1n) is 10.5. The fourth-order valence-corrected chi connectivity index (χ4v) is 4.21. The monoisotopic (exact) mass is 430 g/mol. The van der Waals surface area contributed by atoms with Gasteiger partial charge in [0.15, 0.2) is 11.6 Å². The molecule has 32 heavy (non-hydrogen) atoms. The number of epoxide rings is 1. The van der Waals surface area contributed by atoms with E-state index in [2.05, 4.69) is 0 Å². The Labute approximate surface area is 186 Å². The molecule has 1 fully saturated rings. The molecule has 0 amide bonds. The fourth-order valence-electron chi connectivity index (χ4n) is 4.21. The van der Waals surface area contributed by atoms with Crippen molar-refractivity contribution in [2.75, 3.05) is 0 Å². The normalized spacial score (nSPS) is 21.9. The Morgan fingerprint density at radius 2 is 1.41 bits per heavy atom. The first-order chi connectivity index (χ1) is 15.3. The number of Topliss-reactive ketones (excluding diaryl/α,β-unsaturated/α-hetero) is 3. The lowest BCUT2D eigenvalue weighted by molar-refractivity contribution is -0.136. The van der Waals surface area contributed by atoms with Crippen molar-refractivity contribution in [1.82, 2.24) is 0 Å². The van der Waals surface area contributed by atoms with E-state index in [-0.39, 0.29) is 12.0 Å². The van der Waals surface area contributed by atoms with Gasteiger partial charge in [0.05, 0.1) is 0 Å². The molecule has 1 heterocycles. The molecule has 4 nitrogen and oxygen atoms in total. The van der Waals surface area contributed by atoms with Gasteiger partial charge in [-0.25, -0.2) is 4.39 Å². The third-order valence-electron chi connectivity index (χ3n) is 5.84. The molecule has 0 radical (unpaired) electrons. The molecular weight excluding hydrogens is 407 g/mol. The van der Waals surface area contributed by atoms with Gasteiger partial charge in [-0.3, -0.25) is 14.4 Å². The molecule has 0 aliphatic carbocycles. The Morgan fingerprint density at radius 1 is 0.844 bits per heavy atom. The molecular formula is C27H23FO4. The highest BCUT2D eigenvalue weighted by Gasteiger charge is 2.82. The molecule has 0 spiro atoms. The number of benzene rings is 3. The molecule has 0 saturated carbocycles. The van der Waals surface area contributed by atoms with Crippen LogP contribution in [0.15, 0.2) is 84.9 Å². The number of hydrogen-bond acceptors (Lipinski definition) is 4. The van der Waals surface area contributed by atoms with E-state index in [1.165, 1.54) is 24.3 Å². The van der Waals surface area contributed by atoms with E-state index in [0.29, 0.717) is 5.56 Å². The standard InChI is InChI=1S/C27H23FO4/c1-18(2)24(30)27(23(29)17-19-9-5-3-6-10-19)26(32-27,21-11-7-4-8-12-21)25(31)20-13-15-22(28)16-14-20/h3-16,18H,17H2,1-2H3. The van der Waals surface area contributed by atoms with Gasteiger partial charge in [0.1, 0.15) is 5.82 Å². The number of carbonyl (C=O) groups excluding carboxylic acids is 3. The Morgan fingerprint density at radius 3 is 1.97 bits per heavy atom. The number of rotatable bonds is 8. The Bertz CT molecular complexity index is 1160. The summed E-state index contributed by atoms with van der Waals surface area (Å²) >= 11 is 0. The van der Waals surface area contributed by atoms with Crippen LogP contribution in [-0.2, 0) is 26.3 Å². The highest BCUT2D eigenvalue weighted by Crippen LogP contribution is 2.60. The van der Waals surface area contributed by atoms with Gasteiger partial charge in [0.25, 0.3) is 0 Å². The third-order valence-corrected chi connectivity index (χ3v) is 5.84. The van der Waals surface area contributed by atoms with E-state index in [1.807, 2.05) is 6.07 Å². The van der Waals surface area contributed by atoms with E-state index in [4.69, 9.17) is 4.74 Å². The summed E-state index contributed by atoms with van der Waals surface area (Å²) in [6, 6.07) is 22.6. The van der Waals surface area contributed by atoms with E-state index in [0.717, 1.165) is 5.56 Å². The largest absolute Gasteiger partial charge is 0.332 e. The predicted octanol–water partition coefficient (Wildman–Crippen LogP) is 4.71. The number of hydrogen-bond donors (Lipinski definition) is 0. The van der Waals surface area contributed by atoms with Crippen molar-refractivity contribution in [3.63, 3.8) is 0 Å². The predicted molar refractivity (Wildman–Crippen MR) is 118 cm³/mol. The summed E-state index contributed by atoms with van der Waals surface area (Å²) < 4.78 is 19.5. The van der Waals surface area contributed by atoms with Gasteiger partial charge < -0.3 is 4.74 Å². The highest BCUT2D eigenvalue weighted by molar-refractivity contribution is 6.24. The van der Waals surface area contributed by atoms with Crippen molar-refractivity contribution in [2.45, 2.75) is 31.5 Å². The van der Waals surface area contributed by atoms with Crippen LogP contribution in [-0.4, -0.2) is 23.0 Å². The van der Waals surface area contributed by atoms with Crippen LogP contribution in [0, 0.1) is 11.7 Å². The molecule has 0 N–H and O–H groups in total. The van der Waals surface area contributed by atoms with Crippen molar-refractivity contribution in [3.8, 4) is 0 Å². The highest BCUT2D eigenvalue weighted by atomic mass is 19.1. The smallest absolute Gasteiger partial charge is 0.227 e. The first-order valence-corrected chi connectivity index (χ1v) is 10.5. The topological polar surface area (TPSA) is 63.7 Å². The summed E-state index contributed by atoms with van der Waals surface area (Å²) in [6.07, 6.45) is -0.0510. The maximum Gasteiger partial charge on any atom is 0.227 e. The third kappa shape index (κ3) is 3.39. The van der Waals surface area contributed by atoms with Gasteiger partial charge in [-0.15, -0.1) is 0 Å². The van der Waals surface area contributed by atoms with Crippen LogP contribution in [0.5, 0.6) is 0 Å². The van der Waals surface area contributed by atoms with Gasteiger partial charge in [0, 0.05) is 17.9 Å². The molecule has 3 aromatic carbocycles. The van der Waals surface area contributed by atoms with Crippen LogP contribution >= 0.6 is 0 Å². The Kier molecular flexibility index (Phi) is 5.61. The minimum Gasteiger partial charge on any atom is -0.332 e. The van der Waals surface area contributed by atoms with Crippen molar-refractivity contribution < 1.29 is 23.5 Å². The lowest BCUT2D eigenvalue weighted by atomic mass is 9.73. The fraction of sp³-hybridized carbons (Fsp3) is 0.222. The molecule has 3 aromatic rings. The van der Waals surface area contributed by atoms with E-state index >= 15 is 0 Å². The minimum absolute atomic E-state index is 0.0510. The van der Waals surface area contributed by atoms with Crippen LogP contribution in [0.3, 0.4) is 0 Å². The van der Waals surface area contributed by atoms with Crippen molar-refractivity contribution >= 4 is 17.3 Å². The molecule has 2 atom stereocenters. The zero-order valence-electron chi connectivity index (χ0n) is 17.9. The van der Waals surface area contributed by atoms with Crippen LogP contribution in [0.1, 0.15) is 35.3 Å². The van der Waals surface area contributed by atoms with Gasteiger partial charge >= 0.3 is 0 Å². The van der Waals surface area contributed by atoms with Crippen LogP contribution in [0.25, 0.3) is 0 Å². The summed E-state index contributed by atoms with van der Waals surface area (Å²) in [5.74, 6) is -2.49. The lowest BCUT2D eigenvalue weighted by Gasteiger charge is -2.20. The Balaban J connectivity index is 1.87. The SMILES string of the molecule is CC(C)C(=O)C1(C(=O)Cc2ccccc2)OC1(C(=O)c1ccc(F)cc1)c1ccccc1. The van der Waals surface area contributed by atoms with Gasteiger partial charge in [-0.05, 0) is 35.4 Å². The van der Waals surface area contributed by atoms with Crippen LogP contribution in [0.4, 0.5) is 4.39 Å². The first kappa shape index (κ1) is 21.8. The van der Waals surface area contributed by atoms with Crippen molar-refractivity contribution in [3.05, 3.63) is 107 Å². The van der Waals surface area contributed by atoms with E-state index in [9.17, 15) is 18.8 Å². The summed E-state index contributed by atoms with van der Waals surface area (Å²) in [7, 11) is 0. The minimum atomic E-state index is -1.94. The quantitative estimate of drug-likeness (QED) is 0.295. The molecule has 162 valence electrons. The Hall–Kier alpha value is -3.44. The van der Waals surface area contributed by atoms with Crippen LogP contribution in [0.2, 0.25) is 0 Å². The zero-order chi connectivity index (χ0) is 22.9.